The van der Waals surface area contributed by atoms with Crippen molar-refractivity contribution in [2.75, 3.05) is 27.2 Å². The van der Waals surface area contributed by atoms with Crippen molar-refractivity contribution in [3.8, 4) is 11.4 Å². The van der Waals surface area contributed by atoms with Crippen LogP contribution in [0.4, 0.5) is 13.2 Å². The van der Waals surface area contributed by atoms with Crippen molar-refractivity contribution < 1.29 is 37.5 Å². The summed E-state index contributed by atoms with van der Waals surface area (Å²) in [5.41, 5.74) is 3.65. The number of fused-ring (bicyclic) bond motifs is 2. The number of likely N-dealkylation sites (N-methyl/N-ethyl adjacent to an activating group) is 2. The van der Waals surface area contributed by atoms with Crippen molar-refractivity contribution in [1.82, 2.24) is 40.6 Å². The van der Waals surface area contributed by atoms with Gasteiger partial charge in [0, 0.05) is 48.4 Å². The number of aromatic amines is 1. The average Bonchev–Trinajstić information content (AvgIpc) is 3.95. The molecule has 6 N–H and O–H groups in total. The summed E-state index contributed by atoms with van der Waals surface area (Å²) in [6.45, 7) is 6.87. The molecular weight excluding hydrogens is 766 g/mol. The van der Waals surface area contributed by atoms with Gasteiger partial charge in [-0.15, -0.1) is 0 Å². The van der Waals surface area contributed by atoms with Crippen molar-refractivity contribution in [2.45, 2.75) is 115 Å². The van der Waals surface area contributed by atoms with Crippen LogP contribution in [0.25, 0.3) is 33.2 Å². The number of hydrogen-bond donors (Lipinski definition) is 6. The number of likely N-dealkylation sites (tertiary alicyclic amines) is 2. The van der Waals surface area contributed by atoms with Crippen molar-refractivity contribution in [3.05, 3.63) is 59.2 Å². The van der Waals surface area contributed by atoms with Crippen LogP contribution in [0, 0.1) is 11.6 Å². The molecule has 16 heteroatoms. The number of aryl methyl sites for hydroxylation is 1. The van der Waals surface area contributed by atoms with Crippen molar-refractivity contribution in [3.63, 3.8) is 0 Å². The van der Waals surface area contributed by atoms with Crippen LogP contribution in [0.15, 0.2) is 36.4 Å². The molecule has 0 aliphatic carbocycles. The highest BCUT2D eigenvalue weighted by Gasteiger charge is 2.41. The van der Waals surface area contributed by atoms with Crippen LogP contribution in [0.2, 0.25) is 0 Å². The largest absolute Gasteiger partial charge is 0.391 e. The Morgan fingerprint density at radius 3 is 1.90 bits per heavy atom. The van der Waals surface area contributed by atoms with E-state index in [9.17, 15) is 33.1 Å². The molecule has 0 saturated carbocycles. The molecule has 0 bridgehead atoms. The summed E-state index contributed by atoms with van der Waals surface area (Å²) in [5.74, 6) is -2.34. The highest BCUT2D eigenvalue weighted by atomic mass is 19.1. The third kappa shape index (κ3) is 8.85. The molecule has 8 unspecified atom stereocenters. The van der Waals surface area contributed by atoms with E-state index in [4.69, 9.17) is 0 Å². The molecule has 2 aliphatic rings. The maximum Gasteiger partial charge on any atom is 0.245 e. The number of H-pyrrole nitrogens is 1. The van der Waals surface area contributed by atoms with Gasteiger partial charge in [0.15, 0.2) is 0 Å². The highest BCUT2D eigenvalue weighted by Crippen LogP contribution is 2.41. The quantitative estimate of drug-likeness (QED) is 0.107. The first-order valence-corrected chi connectivity index (χ1v) is 20.6. The molecule has 13 nitrogen and oxygen atoms in total. The van der Waals surface area contributed by atoms with Crippen molar-refractivity contribution >= 4 is 45.4 Å². The lowest BCUT2D eigenvalue weighted by Gasteiger charge is -2.30. The maximum atomic E-state index is 15.4. The fourth-order valence-electron chi connectivity index (χ4n) is 8.74. The van der Waals surface area contributed by atoms with E-state index in [1.165, 1.54) is 29.2 Å². The number of β-amino-alcohol motifs (C(OH)–C–C–N with tert-alkyl or cyclic N) is 1. The molecule has 2 aromatic carbocycles. The van der Waals surface area contributed by atoms with Crippen LogP contribution in [0.1, 0.15) is 64.5 Å². The Hall–Kier alpha value is -4.93. The number of nitrogens with one attached hydrogen (secondary N) is 5. The summed E-state index contributed by atoms with van der Waals surface area (Å²) in [6, 6.07) is 4.91. The van der Waals surface area contributed by atoms with Gasteiger partial charge < -0.3 is 45.7 Å². The summed E-state index contributed by atoms with van der Waals surface area (Å²) in [5, 5.41) is 23.7. The number of hydrogen-bond acceptors (Lipinski definition) is 7. The zero-order valence-corrected chi connectivity index (χ0v) is 34.8. The second kappa shape index (κ2) is 18.1. The summed E-state index contributed by atoms with van der Waals surface area (Å²) >= 11 is 0. The van der Waals surface area contributed by atoms with Gasteiger partial charge in [-0.2, -0.15) is 0 Å². The first-order chi connectivity index (χ1) is 28.1. The Labute approximate surface area is 342 Å². The smallest absolute Gasteiger partial charge is 0.245 e. The van der Waals surface area contributed by atoms with Crippen LogP contribution in [0.3, 0.4) is 0 Å². The number of halogens is 3. The number of aliphatic hydroxyl groups excluding tert-OH is 1. The number of benzene rings is 2. The minimum absolute atomic E-state index is 0.0444. The van der Waals surface area contributed by atoms with E-state index in [1.54, 1.807) is 65.9 Å². The highest BCUT2D eigenvalue weighted by molar-refractivity contribution is 5.97. The zero-order valence-electron chi connectivity index (χ0n) is 34.8. The Morgan fingerprint density at radius 1 is 0.797 bits per heavy atom. The van der Waals surface area contributed by atoms with Crippen molar-refractivity contribution in [1.29, 1.82) is 0 Å². The van der Waals surface area contributed by atoms with Crippen LogP contribution in [0.5, 0.6) is 0 Å². The molecule has 0 spiro atoms. The van der Waals surface area contributed by atoms with Gasteiger partial charge in [0.1, 0.15) is 29.9 Å². The van der Waals surface area contributed by atoms with Gasteiger partial charge in [0.2, 0.25) is 23.6 Å². The van der Waals surface area contributed by atoms with Crippen LogP contribution in [-0.2, 0) is 39.1 Å². The molecule has 2 fully saturated rings. The average molecular weight is 823 g/mol. The third-order valence-electron chi connectivity index (χ3n) is 12.3. The second-order valence-electron chi connectivity index (χ2n) is 16.1. The third-order valence-corrected chi connectivity index (χ3v) is 12.3. The SMILES string of the molecule is CCC(NC(=O)C(C)NC)C(=O)N1CC(O)CC1Cc1c(-c2[nH]c3cc(F)ccc3c2CC2CC(F)CN2C(=O)C(CC)NC(=O)C(C)NC)n(C)c2cc(F)ccc12. The number of alkyl halides is 1. The van der Waals surface area contributed by atoms with Crippen LogP contribution >= 0.6 is 0 Å². The van der Waals surface area contributed by atoms with Gasteiger partial charge >= 0.3 is 0 Å². The van der Waals surface area contributed by atoms with Crippen LogP contribution in [-0.4, -0.2) is 124 Å². The minimum atomic E-state index is -1.31. The minimum Gasteiger partial charge on any atom is -0.391 e. The summed E-state index contributed by atoms with van der Waals surface area (Å²) < 4.78 is 47.1. The first kappa shape index (κ1) is 43.6. The molecule has 2 aromatic heterocycles. The first-order valence-electron chi connectivity index (χ1n) is 20.6. The molecule has 8 atom stereocenters. The number of rotatable bonds is 15. The van der Waals surface area contributed by atoms with E-state index in [-0.39, 0.29) is 56.5 Å². The van der Waals surface area contributed by atoms with E-state index in [0.29, 0.717) is 51.6 Å². The fraction of sp³-hybridized carbons (Fsp3) is 0.535. The number of amides is 4. The lowest BCUT2D eigenvalue weighted by atomic mass is 9.94. The number of nitrogens with zero attached hydrogens (tertiary/aromatic N) is 3. The van der Waals surface area contributed by atoms with Gasteiger partial charge in [-0.3, -0.25) is 19.2 Å². The fourth-order valence-corrected chi connectivity index (χ4v) is 8.74. The molecule has 4 amide bonds. The molecule has 320 valence electrons. The summed E-state index contributed by atoms with van der Waals surface area (Å²) in [4.78, 5) is 60.3. The zero-order chi connectivity index (χ0) is 42.9. The van der Waals surface area contributed by atoms with E-state index >= 15 is 4.39 Å². The molecule has 59 heavy (non-hydrogen) atoms. The Balaban J connectivity index is 1.43. The maximum absolute atomic E-state index is 15.4. The molecule has 6 rings (SSSR count). The number of carbonyl (C=O) groups is 4. The van der Waals surface area contributed by atoms with Crippen LogP contribution < -0.4 is 21.3 Å². The summed E-state index contributed by atoms with van der Waals surface area (Å²) in [6.07, 6.45) is -0.799. The van der Waals surface area contributed by atoms with Gasteiger partial charge in [-0.05, 0) is 108 Å². The number of aliphatic hydroxyl groups is 1. The second-order valence-corrected chi connectivity index (χ2v) is 16.1. The molecule has 2 saturated heterocycles. The predicted molar refractivity (Wildman–Crippen MR) is 220 cm³/mol. The van der Waals surface area contributed by atoms with Gasteiger partial charge in [-0.1, -0.05) is 13.8 Å². The van der Waals surface area contributed by atoms with Crippen molar-refractivity contribution in [2.24, 2.45) is 7.05 Å². The van der Waals surface area contributed by atoms with E-state index in [1.807, 2.05) is 4.57 Å². The number of carbonyl (C=O) groups excluding carboxylic acids is 4. The topological polar surface area (TPSA) is 164 Å². The molecule has 2 aliphatic heterocycles. The van der Waals surface area contributed by atoms with E-state index in [0.717, 1.165) is 5.56 Å². The molecule has 4 aromatic rings. The monoisotopic (exact) mass is 822 g/mol. The van der Waals surface area contributed by atoms with E-state index < -0.39 is 66.1 Å². The lowest BCUT2D eigenvalue weighted by Crippen LogP contribution is -2.53. The molecule has 0 radical (unpaired) electrons. The van der Waals surface area contributed by atoms with Gasteiger partial charge in [0.25, 0.3) is 0 Å². The lowest BCUT2D eigenvalue weighted by molar-refractivity contribution is -0.138. The molecule has 4 heterocycles. The van der Waals surface area contributed by atoms with Gasteiger partial charge in [-0.25, -0.2) is 13.2 Å². The standard InChI is InChI=1S/C43H57F3N8O5/c1-8-34(50-40(56)22(3)47-5)42(58)53-20-26(46)14-27(53)18-32-30-12-10-24(44)15-36(30)49-38(32)39-33(31-13-11-25(45)16-37(31)52(39)7)19-28-17-29(55)21-54(28)43(59)35(9-2)51-41(57)23(4)48-6/h10-13,15-16,22-23,26-29,34-35,47-49,55H,8-9,14,17-21H2,1-7H3,(H,50,56)(H,51,57). The molecular formula is C43H57F3N8O5. The normalized spacial score (nSPS) is 21.5. The van der Waals surface area contributed by atoms with E-state index in [2.05, 4.69) is 26.3 Å². The summed E-state index contributed by atoms with van der Waals surface area (Å²) in [7, 11) is 5.08. The number of aromatic nitrogens is 2. The Bertz CT molecular complexity index is 2210. The van der Waals surface area contributed by atoms with Gasteiger partial charge in [0.05, 0.1) is 41.6 Å². The Kier molecular flexibility index (Phi) is 13.4. The predicted octanol–water partition coefficient (Wildman–Crippen LogP) is 3.60. The Morgan fingerprint density at radius 2 is 1.32 bits per heavy atom.